The van der Waals surface area contributed by atoms with Gasteiger partial charge >= 0.3 is 0 Å². The third-order valence-corrected chi connectivity index (χ3v) is 2.13. The molecule has 0 aliphatic rings. The fourth-order valence-corrected chi connectivity index (χ4v) is 1.36. The van der Waals surface area contributed by atoms with Crippen molar-refractivity contribution in [3.63, 3.8) is 0 Å². The minimum atomic E-state index is -0.270. The van der Waals surface area contributed by atoms with E-state index in [0.29, 0.717) is 6.42 Å². The first-order chi connectivity index (χ1) is 7.13. The van der Waals surface area contributed by atoms with Crippen LogP contribution in [0.1, 0.15) is 12.5 Å². The lowest BCUT2D eigenvalue weighted by Gasteiger charge is -2.11. The van der Waals surface area contributed by atoms with Gasteiger partial charge in [0.15, 0.2) is 0 Å². The van der Waals surface area contributed by atoms with Gasteiger partial charge in [-0.15, -0.1) is 0 Å². The fraction of sp³-hybridized carbons (Fsp3) is 0.364. The van der Waals surface area contributed by atoms with Gasteiger partial charge in [0, 0.05) is 13.0 Å². The van der Waals surface area contributed by atoms with E-state index in [9.17, 15) is 9.18 Å². The summed E-state index contributed by atoms with van der Waals surface area (Å²) in [5.74, 6) is -0.547. The van der Waals surface area contributed by atoms with E-state index in [1.165, 1.54) is 12.1 Å². The Bertz CT molecular complexity index is 341. The number of hydrogen-bond donors (Lipinski definition) is 2. The summed E-state index contributed by atoms with van der Waals surface area (Å²) in [5, 5.41) is 0. The van der Waals surface area contributed by atoms with Crippen molar-refractivity contribution >= 4 is 5.91 Å². The Hall–Kier alpha value is -1.42. The summed E-state index contributed by atoms with van der Waals surface area (Å²) in [6.45, 7) is 1.80. The maximum atomic E-state index is 12.9. The van der Waals surface area contributed by atoms with Gasteiger partial charge in [0.2, 0.25) is 5.91 Å². The van der Waals surface area contributed by atoms with Crippen LogP contribution in [0.25, 0.3) is 0 Å². The predicted octanol–water partition coefficient (Wildman–Crippen LogP) is 1.25. The van der Waals surface area contributed by atoms with E-state index >= 15 is 0 Å². The third-order valence-electron chi connectivity index (χ3n) is 2.13. The zero-order chi connectivity index (χ0) is 11.3. The standard InChI is InChI=1S/C11H15FN2O/c1-8(11(15)14-13-2)6-9-4-3-5-10(12)7-9/h3-5,7-8,13H,6H2,1-2H3,(H,14,15)/t8-/m0/s1. The number of amides is 1. The molecule has 0 aliphatic heterocycles. The first-order valence-corrected chi connectivity index (χ1v) is 4.84. The molecule has 0 unspecified atom stereocenters. The molecule has 0 saturated heterocycles. The number of carbonyl (C=O) groups is 1. The van der Waals surface area contributed by atoms with E-state index in [-0.39, 0.29) is 17.6 Å². The molecule has 0 bridgehead atoms. The number of hydrogen-bond acceptors (Lipinski definition) is 2. The summed E-state index contributed by atoms with van der Waals surface area (Å²) >= 11 is 0. The van der Waals surface area contributed by atoms with Crippen LogP contribution in [0.5, 0.6) is 0 Å². The molecule has 1 amide bonds. The molecule has 0 fully saturated rings. The first kappa shape index (κ1) is 11.7. The van der Waals surface area contributed by atoms with Gasteiger partial charge in [-0.25, -0.2) is 9.82 Å². The second-order valence-electron chi connectivity index (χ2n) is 3.47. The highest BCUT2D eigenvalue weighted by molar-refractivity contribution is 5.78. The van der Waals surface area contributed by atoms with Crippen molar-refractivity contribution in [2.75, 3.05) is 7.05 Å². The molecule has 0 heterocycles. The second kappa shape index (κ2) is 5.46. The maximum Gasteiger partial charge on any atom is 0.237 e. The lowest BCUT2D eigenvalue weighted by atomic mass is 10.0. The van der Waals surface area contributed by atoms with E-state index in [2.05, 4.69) is 10.9 Å². The highest BCUT2D eigenvalue weighted by atomic mass is 19.1. The summed E-state index contributed by atoms with van der Waals surface area (Å²) in [7, 11) is 1.63. The van der Waals surface area contributed by atoms with Gasteiger partial charge in [-0.2, -0.15) is 0 Å². The molecule has 0 saturated carbocycles. The van der Waals surface area contributed by atoms with Crippen LogP contribution in [0.15, 0.2) is 24.3 Å². The van der Waals surface area contributed by atoms with E-state index in [4.69, 9.17) is 0 Å². The zero-order valence-electron chi connectivity index (χ0n) is 8.88. The number of benzene rings is 1. The normalized spacial score (nSPS) is 12.2. The van der Waals surface area contributed by atoms with Crippen molar-refractivity contribution in [1.29, 1.82) is 0 Å². The van der Waals surface area contributed by atoms with Gasteiger partial charge < -0.3 is 0 Å². The smallest absolute Gasteiger partial charge is 0.237 e. The zero-order valence-corrected chi connectivity index (χ0v) is 8.88. The van der Waals surface area contributed by atoms with E-state index in [1.54, 1.807) is 20.0 Å². The Labute approximate surface area is 88.7 Å². The lowest BCUT2D eigenvalue weighted by Crippen LogP contribution is -2.38. The number of nitrogens with one attached hydrogen (secondary N) is 2. The summed E-state index contributed by atoms with van der Waals surface area (Å²) < 4.78 is 12.9. The summed E-state index contributed by atoms with van der Waals surface area (Å²) in [4.78, 5) is 11.4. The minimum absolute atomic E-state index is 0.0956. The van der Waals surface area contributed by atoms with Crippen molar-refractivity contribution < 1.29 is 9.18 Å². The molecule has 0 spiro atoms. The fourth-order valence-electron chi connectivity index (χ4n) is 1.36. The number of hydrazine groups is 1. The first-order valence-electron chi connectivity index (χ1n) is 4.84. The van der Waals surface area contributed by atoms with Crippen molar-refractivity contribution in [2.24, 2.45) is 5.92 Å². The van der Waals surface area contributed by atoms with Crippen molar-refractivity contribution in [2.45, 2.75) is 13.3 Å². The number of rotatable bonds is 4. The van der Waals surface area contributed by atoms with Gasteiger partial charge in [-0.3, -0.25) is 10.2 Å². The monoisotopic (exact) mass is 210 g/mol. The van der Waals surface area contributed by atoms with Gasteiger partial charge in [0.1, 0.15) is 5.82 Å². The highest BCUT2D eigenvalue weighted by Gasteiger charge is 2.12. The van der Waals surface area contributed by atoms with Crippen LogP contribution < -0.4 is 10.9 Å². The molecule has 4 heteroatoms. The Kier molecular flexibility index (Phi) is 4.24. The molecular formula is C11H15FN2O. The summed E-state index contributed by atoms with van der Waals surface area (Å²) in [6, 6.07) is 6.30. The molecule has 82 valence electrons. The SMILES string of the molecule is CNNC(=O)[C@@H](C)Cc1cccc(F)c1. The lowest BCUT2D eigenvalue weighted by molar-refractivity contribution is -0.125. The largest absolute Gasteiger partial charge is 0.292 e. The van der Waals surface area contributed by atoms with Gasteiger partial charge in [0.05, 0.1) is 0 Å². The van der Waals surface area contributed by atoms with Gasteiger partial charge in [-0.05, 0) is 24.1 Å². The topological polar surface area (TPSA) is 41.1 Å². The van der Waals surface area contributed by atoms with Crippen LogP contribution in [0.4, 0.5) is 4.39 Å². The Morgan fingerprint density at radius 3 is 2.87 bits per heavy atom. The quantitative estimate of drug-likeness (QED) is 0.734. The molecule has 0 aromatic heterocycles. The van der Waals surface area contributed by atoms with Crippen LogP contribution >= 0.6 is 0 Å². The average molecular weight is 210 g/mol. The Morgan fingerprint density at radius 1 is 1.53 bits per heavy atom. The van der Waals surface area contributed by atoms with Crippen LogP contribution in [0.3, 0.4) is 0 Å². The molecule has 0 radical (unpaired) electrons. The third kappa shape index (κ3) is 3.67. The molecule has 1 aromatic carbocycles. The molecule has 1 atom stereocenters. The van der Waals surface area contributed by atoms with Crippen LogP contribution in [0.2, 0.25) is 0 Å². The van der Waals surface area contributed by atoms with Gasteiger partial charge in [-0.1, -0.05) is 19.1 Å². The summed E-state index contributed by atoms with van der Waals surface area (Å²) in [6.07, 6.45) is 0.533. The number of carbonyl (C=O) groups excluding carboxylic acids is 1. The highest BCUT2D eigenvalue weighted by Crippen LogP contribution is 2.10. The van der Waals surface area contributed by atoms with E-state index < -0.39 is 0 Å². The van der Waals surface area contributed by atoms with Gasteiger partial charge in [0.25, 0.3) is 0 Å². The molecule has 1 aromatic rings. The molecule has 2 N–H and O–H groups in total. The van der Waals surface area contributed by atoms with Crippen LogP contribution in [0, 0.1) is 11.7 Å². The second-order valence-corrected chi connectivity index (χ2v) is 3.47. The molecule has 1 rings (SSSR count). The number of halogens is 1. The van der Waals surface area contributed by atoms with E-state index in [1.807, 2.05) is 6.07 Å². The Morgan fingerprint density at radius 2 is 2.27 bits per heavy atom. The molecule has 3 nitrogen and oxygen atoms in total. The van der Waals surface area contributed by atoms with E-state index in [0.717, 1.165) is 5.56 Å². The van der Waals surface area contributed by atoms with Crippen molar-refractivity contribution in [3.05, 3.63) is 35.6 Å². The molecule has 0 aliphatic carbocycles. The predicted molar refractivity (Wildman–Crippen MR) is 56.5 cm³/mol. The van der Waals surface area contributed by atoms with Crippen molar-refractivity contribution in [3.8, 4) is 0 Å². The summed E-state index contributed by atoms with van der Waals surface area (Å²) in [5.41, 5.74) is 5.90. The van der Waals surface area contributed by atoms with Crippen LogP contribution in [-0.2, 0) is 11.2 Å². The Balaban J connectivity index is 2.58. The minimum Gasteiger partial charge on any atom is -0.292 e. The molecule has 15 heavy (non-hydrogen) atoms. The molecular weight excluding hydrogens is 195 g/mol. The van der Waals surface area contributed by atoms with Crippen molar-refractivity contribution in [1.82, 2.24) is 10.9 Å². The maximum absolute atomic E-state index is 12.9. The van der Waals surface area contributed by atoms with Crippen LogP contribution in [-0.4, -0.2) is 13.0 Å². The average Bonchev–Trinajstić information content (AvgIpc) is 2.18.